The van der Waals surface area contributed by atoms with Crippen LogP contribution in [0.3, 0.4) is 0 Å². The van der Waals surface area contributed by atoms with Crippen molar-refractivity contribution < 1.29 is 14.3 Å². The number of hydrogen-bond acceptors (Lipinski definition) is 3. The molecule has 1 heterocycles. The largest absolute Gasteiger partial charge is 0.445 e. The molecule has 1 fully saturated rings. The molecule has 1 amide bonds. The van der Waals surface area contributed by atoms with Crippen LogP contribution in [0.5, 0.6) is 0 Å². The number of likely N-dealkylation sites (tertiary alicyclic amines) is 1. The van der Waals surface area contributed by atoms with Gasteiger partial charge in [0.2, 0.25) is 0 Å². The van der Waals surface area contributed by atoms with Gasteiger partial charge in [-0.15, -0.1) is 0 Å². The van der Waals surface area contributed by atoms with Crippen molar-refractivity contribution in [3.05, 3.63) is 71.8 Å². The van der Waals surface area contributed by atoms with Crippen LogP contribution in [0.25, 0.3) is 0 Å². The van der Waals surface area contributed by atoms with Crippen LogP contribution in [0, 0.1) is 0 Å². The van der Waals surface area contributed by atoms with E-state index >= 15 is 0 Å². The van der Waals surface area contributed by atoms with Crippen molar-refractivity contribution in [2.45, 2.75) is 69.7 Å². The van der Waals surface area contributed by atoms with Gasteiger partial charge in [0.1, 0.15) is 6.61 Å². The van der Waals surface area contributed by atoms with Crippen molar-refractivity contribution in [3.8, 4) is 0 Å². The van der Waals surface area contributed by atoms with Gasteiger partial charge < -0.3 is 14.4 Å². The molecule has 4 nitrogen and oxygen atoms in total. The Balaban J connectivity index is 1.66. The Labute approximate surface area is 188 Å². The second-order valence-electron chi connectivity index (χ2n) is 10.1. The molecule has 1 saturated heterocycles. The molecule has 0 spiro atoms. The van der Waals surface area contributed by atoms with E-state index in [2.05, 4.69) is 44.2 Å². The number of hydrogen-bond donors (Lipinski definition) is 1. The first-order valence-electron chi connectivity index (χ1n) is 11.4. The van der Waals surface area contributed by atoms with E-state index in [9.17, 15) is 9.59 Å². The summed E-state index contributed by atoms with van der Waals surface area (Å²) in [6, 6.07) is 20.5. The average Bonchev–Trinajstić information content (AvgIpc) is 2.77. The average molecular weight is 440 g/mol. The van der Waals surface area contributed by atoms with E-state index in [4.69, 9.17) is 4.74 Å². The SMILES string of the molecule is CC(C)(CCC1(c2ccccc2)CCN(C(=O)OCc2ccccc2)CC1)[Si](C)(C)O. The first kappa shape index (κ1) is 23.5. The smallest absolute Gasteiger partial charge is 0.410 e. The highest BCUT2D eigenvalue weighted by atomic mass is 28.4. The maximum absolute atomic E-state index is 12.6. The van der Waals surface area contributed by atoms with Crippen molar-refractivity contribution in [2.75, 3.05) is 13.1 Å². The summed E-state index contributed by atoms with van der Waals surface area (Å²) in [6.07, 6.45) is 3.61. The minimum absolute atomic E-state index is 0.0361. The van der Waals surface area contributed by atoms with Crippen LogP contribution in [0.4, 0.5) is 4.79 Å². The number of benzene rings is 2. The number of ether oxygens (including phenoxy) is 1. The van der Waals surface area contributed by atoms with E-state index < -0.39 is 8.32 Å². The predicted octanol–water partition coefficient (Wildman–Crippen LogP) is 6.11. The van der Waals surface area contributed by atoms with E-state index in [0.29, 0.717) is 19.7 Å². The molecule has 2 aromatic rings. The summed E-state index contributed by atoms with van der Waals surface area (Å²) in [5, 5.41) is -0.0550. The molecule has 2 aromatic carbocycles. The van der Waals surface area contributed by atoms with Crippen molar-refractivity contribution in [3.63, 3.8) is 0 Å². The summed E-state index contributed by atoms with van der Waals surface area (Å²) in [5.74, 6) is 0. The van der Waals surface area contributed by atoms with Crippen LogP contribution in [-0.2, 0) is 16.8 Å². The van der Waals surface area contributed by atoms with Gasteiger partial charge in [-0.1, -0.05) is 74.5 Å². The van der Waals surface area contributed by atoms with Crippen molar-refractivity contribution in [1.29, 1.82) is 0 Å². The number of carbonyl (C=O) groups excluding carboxylic acids is 1. The van der Waals surface area contributed by atoms with Crippen LogP contribution < -0.4 is 0 Å². The number of piperidine rings is 1. The summed E-state index contributed by atoms with van der Waals surface area (Å²) in [6.45, 7) is 10.2. The fourth-order valence-electron chi connectivity index (χ4n) is 4.26. The van der Waals surface area contributed by atoms with E-state index in [-0.39, 0.29) is 16.5 Å². The minimum Gasteiger partial charge on any atom is -0.445 e. The Morgan fingerprint density at radius 1 is 1.03 bits per heavy atom. The third-order valence-corrected chi connectivity index (χ3v) is 11.0. The number of carbonyl (C=O) groups is 1. The highest BCUT2D eigenvalue weighted by molar-refractivity contribution is 6.72. The fraction of sp³-hybridized carbons (Fsp3) is 0.500. The van der Waals surface area contributed by atoms with Gasteiger partial charge in [-0.3, -0.25) is 0 Å². The molecule has 1 N–H and O–H groups in total. The van der Waals surface area contributed by atoms with Gasteiger partial charge in [-0.05, 0) is 60.4 Å². The minimum atomic E-state index is -2.26. The quantitative estimate of drug-likeness (QED) is 0.529. The first-order valence-corrected chi connectivity index (χ1v) is 14.3. The summed E-state index contributed by atoms with van der Waals surface area (Å²) < 4.78 is 5.56. The molecule has 0 bridgehead atoms. The summed E-state index contributed by atoms with van der Waals surface area (Å²) in [7, 11) is -2.26. The molecular weight excluding hydrogens is 402 g/mol. The molecule has 0 atom stereocenters. The second kappa shape index (κ2) is 9.57. The van der Waals surface area contributed by atoms with Gasteiger partial charge in [0.15, 0.2) is 8.32 Å². The number of amides is 1. The molecule has 168 valence electrons. The van der Waals surface area contributed by atoms with E-state index in [0.717, 1.165) is 31.2 Å². The Morgan fingerprint density at radius 3 is 2.13 bits per heavy atom. The lowest BCUT2D eigenvalue weighted by Gasteiger charge is -2.45. The number of nitrogens with zero attached hydrogens (tertiary/aromatic N) is 1. The van der Waals surface area contributed by atoms with E-state index in [1.165, 1.54) is 5.56 Å². The Hall–Kier alpha value is -2.11. The molecule has 0 unspecified atom stereocenters. The van der Waals surface area contributed by atoms with E-state index in [1.807, 2.05) is 48.3 Å². The summed E-state index contributed by atoms with van der Waals surface area (Å²) >= 11 is 0. The van der Waals surface area contributed by atoms with Gasteiger partial charge in [0.25, 0.3) is 0 Å². The van der Waals surface area contributed by atoms with Crippen LogP contribution in [-0.4, -0.2) is 37.2 Å². The van der Waals surface area contributed by atoms with Crippen LogP contribution in [0.2, 0.25) is 18.1 Å². The topological polar surface area (TPSA) is 49.8 Å². The lowest BCUT2D eigenvalue weighted by atomic mass is 9.69. The van der Waals surface area contributed by atoms with Gasteiger partial charge in [0.05, 0.1) is 0 Å². The molecule has 0 aliphatic carbocycles. The fourth-order valence-corrected chi connectivity index (χ4v) is 5.00. The molecule has 0 saturated carbocycles. The first-order chi connectivity index (χ1) is 14.6. The molecule has 31 heavy (non-hydrogen) atoms. The Kier molecular flexibility index (Phi) is 7.27. The standard InChI is InChI=1S/C26H37NO3Si/c1-25(2,31(3,4)29)15-16-26(23-13-9-6-10-14-23)17-19-27(20-18-26)24(28)30-21-22-11-7-5-8-12-22/h5-14,29H,15-21H2,1-4H3. The summed E-state index contributed by atoms with van der Waals surface area (Å²) in [4.78, 5) is 25.3. The predicted molar refractivity (Wildman–Crippen MR) is 129 cm³/mol. The highest BCUT2D eigenvalue weighted by Gasteiger charge is 2.43. The van der Waals surface area contributed by atoms with Crippen molar-refractivity contribution in [2.24, 2.45) is 0 Å². The zero-order chi connectivity index (χ0) is 22.5. The second-order valence-corrected chi connectivity index (χ2v) is 14.6. The molecule has 0 aromatic heterocycles. The third kappa shape index (κ3) is 5.77. The third-order valence-electron chi connectivity index (χ3n) is 7.45. The Morgan fingerprint density at radius 2 is 1.58 bits per heavy atom. The molecule has 5 heteroatoms. The van der Waals surface area contributed by atoms with Crippen LogP contribution in [0.15, 0.2) is 60.7 Å². The van der Waals surface area contributed by atoms with Gasteiger partial charge in [0, 0.05) is 13.1 Å². The lowest BCUT2D eigenvalue weighted by Crippen LogP contribution is -2.46. The lowest BCUT2D eigenvalue weighted by molar-refractivity contribution is 0.0750. The van der Waals surface area contributed by atoms with Crippen LogP contribution in [0.1, 0.15) is 50.7 Å². The molecule has 1 aliphatic rings. The van der Waals surface area contributed by atoms with Gasteiger partial charge >= 0.3 is 6.09 Å². The monoisotopic (exact) mass is 439 g/mol. The molecule has 1 aliphatic heterocycles. The summed E-state index contributed by atoms with van der Waals surface area (Å²) in [5.41, 5.74) is 2.39. The zero-order valence-corrected chi connectivity index (χ0v) is 20.4. The van der Waals surface area contributed by atoms with Crippen molar-refractivity contribution in [1.82, 2.24) is 4.90 Å². The van der Waals surface area contributed by atoms with Crippen molar-refractivity contribution >= 4 is 14.4 Å². The van der Waals surface area contributed by atoms with E-state index in [1.54, 1.807) is 0 Å². The zero-order valence-electron chi connectivity index (χ0n) is 19.4. The molecular formula is C26H37NO3Si. The molecule has 3 rings (SSSR count). The highest BCUT2D eigenvalue weighted by Crippen LogP contribution is 2.47. The van der Waals surface area contributed by atoms with Crippen LogP contribution >= 0.6 is 0 Å². The maximum Gasteiger partial charge on any atom is 0.410 e. The number of rotatable bonds is 7. The maximum atomic E-state index is 12.6. The normalized spacial score (nSPS) is 16.7. The van der Waals surface area contributed by atoms with Gasteiger partial charge in [-0.25, -0.2) is 4.79 Å². The Bertz CT molecular complexity index is 838. The molecule has 0 radical (unpaired) electrons. The van der Waals surface area contributed by atoms with Gasteiger partial charge in [-0.2, -0.15) is 0 Å².